The van der Waals surface area contributed by atoms with Crippen LogP contribution in [0.4, 0.5) is 5.82 Å². The molecule has 3 aliphatic rings. The average Bonchev–Trinajstić information content (AvgIpc) is 3.39. The van der Waals surface area contributed by atoms with Crippen molar-refractivity contribution in [1.82, 2.24) is 19.5 Å². The highest BCUT2D eigenvalue weighted by Crippen LogP contribution is 2.55. The number of fused-ring (bicyclic) bond motifs is 3. The third-order valence-corrected chi connectivity index (χ3v) is 11.4. The third-order valence-electron chi connectivity index (χ3n) is 7.77. The average molecular weight is 616 g/mol. The number of hydrogen-bond acceptors (Lipinski definition) is 10. The molecule has 6 rings (SSSR count). The van der Waals surface area contributed by atoms with Crippen molar-refractivity contribution >= 4 is 43.8 Å². The number of imidazole rings is 1. The van der Waals surface area contributed by atoms with Gasteiger partial charge in [-0.25, -0.2) is 4.98 Å². The standard InChI is InChI=1S/C23H28ClN5O9P2/c24-22-26-19(28-9-23(10-28)7-3-5-13-4-1-2-6-14(13)23)16-20(27-22)29(11-25-16)21-18(31)17(30)15(38-21)8-37-40(35,36)12-39(32,33)34/h1-2,4,6,11,15,17-18,21,30-31H,3,5,7-10,12H2,(H,35,36)(H2,32,33,34)/t15-,17+,18?,21-/m1/s1. The second-order valence-electron chi connectivity index (χ2n) is 10.6. The molecule has 216 valence electrons. The molecule has 2 saturated heterocycles. The van der Waals surface area contributed by atoms with Gasteiger partial charge in [-0.3, -0.25) is 13.7 Å². The van der Waals surface area contributed by atoms with Crippen LogP contribution >= 0.6 is 26.8 Å². The van der Waals surface area contributed by atoms with Gasteiger partial charge in [0.05, 0.1) is 12.9 Å². The summed E-state index contributed by atoms with van der Waals surface area (Å²) in [5.74, 6) is -0.850. The molecule has 4 heterocycles. The molecule has 2 unspecified atom stereocenters. The smallest absolute Gasteiger partial charge is 0.340 e. The first-order chi connectivity index (χ1) is 18.9. The van der Waals surface area contributed by atoms with E-state index in [4.69, 9.17) is 30.6 Å². The van der Waals surface area contributed by atoms with Gasteiger partial charge in [0, 0.05) is 18.5 Å². The molecular weight excluding hydrogens is 588 g/mol. The van der Waals surface area contributed by atoms with Crippen LogP contribution in [0.25, 0.3) is 11.2 Å². The molecule has 0 amide bonds. The first kappa shape index (κ1) is 28.2. The molecule has 0 bridgehead atoms. The molecule has 2 aromatic heterocycles. The molecule has 1 spiro atoms. The van der Waals surface area contributed by atoms with Gasteiger partial charge in [0.25, 0.3) is 0 Å². The van der Waals surface area contributed by atoms with Crippen LogP contribution < -0.4 is 4.90 Å². The molecular formula is C23H28ClN5O9P2. The summed E-state index contributed by atoms with van der Waals surface area (Å²) in [5, 5.41) is 21.2. The summed E-state index contributed by atoms with van der Waals surface area (Å²) >= 11 is 6.30. The van der Waals surface area contributed by atoms with Gasteiger partial charge in [-0.05, 0) is 42.0 Å². The van der Waals surface area contributed by atoms with Crippen LogP contribution in [0.1, 0.15) is 30.2 Å². The number of ether oxygens (including phenoxy) is 1. The van der Waals surface area contributed by atoms with E-state index in [1.807, 2.05) is 0 Å². The number of aromatic nitrogens is 4. The Morgan fingerprint density at radius 2 is 1.88 bits per heavy atom. The molecule has 5 atom stereocenters. The van der Waals surface area contributed by atoms with E-state index in [1.54, 1.807) is 0 Å². The van der Waals surface area contributed by atoms with Crippen LogP contribution in [0.2, 0.25) is 5.28 Å². The van der Waals surface area contributed by atoms with E-state index in [0.717, 1.165) is 32.4 Å². The maximum Gasteiger partial charge on any atom is 0.340 e. The summed E-state index contributed by atoms with van der Waals surface area (Å²) in [5.41, 5.74) is 3.43. The maximum atomic E-state index is 12.0. The Balaban J connectivity index is 1.22. The number of aliphatic hydroxyl groups is 2. The Kier molecular flexibility index (Phi) is 7.11. The minimum atomic E-state index is -4.83. The van der Waals surface area contributed by atoms with E-state index in [1.165, 1.54) is 22.0 Å². The van der Waals surface area contributed by atoms with Gasteiger partial charge in [-0.1, -0.05) is 24.3 Å². The number of benzene rings is 1. The van der Waals surface area contributed by atoms with Crippen molar-refractivity contribution in [3.63, 3.8) is 0 Å². The van der Waals surface area contributed by atoms with E-state index < -0.39 is 52.2 Å². The van der Waals surface area contributed by atoms with Crippen LogP contribution in [-0.4, -0.2) is 88.3 Å². The van der Waals surface area contributed by atoms with Crippen LogP contribution in [0.15, 0.2) is 30.6 Å². The molecule has 0 saturated carbocycles. The number of rotatable bonds is 7. The van der Waals surface area contributed by atoms with Crippen LogP contribution in [0.3, 0.4) is 0 Å². The fraction of sp³-hybridized carbons (Fsp3) is 0.522. The Morgan fingerprint density at radius 3 is 2.62 bits per heavy atom. The number of anilines is 1. The molecule has 2 aliphatic heterocycles. The normalized spacial score (nSPS) is 27.5. The van der Waals surface area contributed by atoms with Crippen molar-refractivity contribution in [3.8, 4) is 0 Å². The zero-order chi connectivity index (χ0) is 28.4. The molecule has 14 nitrogen and oxygen atoms in total. The topological polar surface area (TPSA) is 201 Å². The SMILES string of the molecule is O=P(O)(O)CP(=O)(O)OC[C@H]1O[C@@H](n2cnc3c(N4CC5(CCCc6ccccc65)C4)nc(Cl)nc32)C(O)[C@H]1O. The molecule has 0 radical (unpaired) electrons. The summed E-state index contributed by atoms with van der Waals surface area (Å²) in [7, 11) is -9.52. The molecule has 2 fully saturated rings. The Morgan fingerprint density at radius 1 is 1.12 bits per heavy atom. The van der Waals surface area contributed by atoms with Gasteiger partial charge in [0.1, 0.15) is 18.3 Å². The summed E-state index contributed by atoms with van der Waals surface area (Å²) in [6, 6.07) is 8.49. The van der Waals surface area contributed by atoms with Crippen molar-refractivity contribution in [2.45, 2.75) is 49.2 Å². The number of aryl methyl sites for hydroxylation is 1. The fourth-order valence-corrected chi connectivity index (χ4v) is 8.74. The molecule has 17 heteroatoms. The summed E-state index contributed by atoms with van der Waals surface area (Å²) in [4.78, 5) is 42.9. The number of aliphatic hydroxyl groups excluding tert-OH is 2. The van der Waals surface area contributed by atoms with E-state index in [0.29, 0.717) is 11.3 Å². The van der Waals surface area contributed by atoms with E-state index in [9.17, 15) is 24.2 Å². The van der Waals surface area contributed by atoms with E-state index in [-0.39, 0.29) is 16.3 Å². The zero-order valence-corrected chi connectivity index (χ0v) is 23.6. The van der Waals surface area contributed by atoms with Gasteiger partial charge < -0.3 is 39.1 Å². The predicted molar refractivity (Wildman–Crippen MR) is 142 cm³/mol. The summed E-state index contributed by atoms with van der Waals surface area (Å²) in [6.45, 7) is 0.763. The fourth-order valence-electron chi connectivity index (χ4n) is 6.01. The summed E-state index contributed by atoms with van der Waals surface area (Å²) < 4.78 is 35.0. The predicted octanol–water partition coefficient (Wildman–Crippen LogP) is 1.53. The monoisotopic (exact) mass is 615 g/mol. The number of nitrogens with zero attached hydrogens (tertiary/aromatic N) is 5. The highest BCUT2D eigenvalue weighted by Gasteiger charge is 2.49. The summed E-state index contributed by atoms with van der Waals surface area (Å²) in [6.07, 6.45) is -0.936. The first-order valence-electron chi connectivity index (χ1n) is 12.6. The van der Waals surface area contributed by atoms with Gasteiger partial charge in [0.15, 0.2) is 29.1 Å². The minimum absolute atomic E-state index is 0.0230. The Labute approximate surface area is 233 Å². The third kappa shape index (κ3) is 5.11. The second kappa shape index (κ2) is 10.1. The van der Waals surface area contributed by atoms with Crippen molar-refractivity contribution in [2.24, 2.45) is 0 Å². The van der Waals surface area contributed by atoms with Crippen molar-refractivity contribution < 1.29 is 43.3 Å². The van der Waals surface area contributed by atoms with Crippen molar-refractivity contribution in [2.75, 3.05) is 30.5 Å². The Hall–Kier alpha value is -1.96. The second-order valence-corrected chi connectivity index (χ2v) is 14.9. The van der Waals surface area contributed by atoms with Gasteiger partial charge in [-0.15, -0.1) is 0 Å². The number of hydrogen-bond donors (Lipinski definition) is 5. The molecule has 1 aromatic carbocycles. The van der Waals surface area contributed by atoms with Gasteiger partial charge in [0.2, 0.25) is 5.28 Å². The lowest BCUT2D eigenvalue weighted by Gasteiger charge is -2.53. The van der Waals surface area contributed by atoms with Crippen LogP contribution in [-0.2, 0) is 30.2 Å². The molecule has 5 N–H and O–H groups in total. The largest absolute Gasteiger partial charge is 0.387 e. The van der Waals surface area contributed by atoms with E-state index >= 15 is 0 Å². The lowest BCUT2D eigenvalue weighted by atomic mass is 9.65. The lowest BCUT2D eigenvalue weighted by Crippen LogP contribution is -2.61. The van der Waals surface area contributed by atoms with E-state index in [2.05, 4.69) is 44.1 Å². The highest BCUT2D eigenvalue weighted by molar-refractivity contribution is 7.70. The van der Waals surface area contributed by atoms with Crippen molar-refractivity contribution in [1.29, 1.82) is 0 Å². The van der Waals surface area contributed by atoms with Gasteiger partial charge >= 0.3 is 15.2 Å². The first-order valence-corrected chi connectivity index (χ1v) is 16.6. The molecule has 40 heavy (non-hydrogen) atoms. The highest BCUT2D eigenvalue weighted by atomic mass is 35.5. The minimum Gasteiger partial charge on any atom is -0.387 e. The number of halogens is 1. The molecule has 1 aliphatic carbocycles. The lowest BCUT2D eigenvalue weighted by molar-refractivity contribution is -0.0483. The Bertz CT molecular complexity index is 1540. The van der Waals surface area contributed by atoms with Gasteiger partial charge in [-0.2, -0.15) is 9.97 Å². The van der Waals surface area contributed by atoms with Crippen molar-refractivity contribution in [3.05, 3.63) is 47.0 Å². The zero-order valence-electron chi connectivity index (χ0n) is 21.0. The quantitative estimate of drug-likeness (QED) is 0.189. The molecule has 3 aromatic rings. The maximum absolute atomic E-state index is 12.0. The van der Waals surface area contributed by atoms with Crippen LogP contribution in [0.5, 0.6) is 0 Å². The van der Waals surface area contributed by atoms with Crippen LogP contribution in [0, 0.1) is 0 Å².